The van der Waals surface area contributed by atoms with E-state index >= 15 is 0 Å². The predicted molar refractivity (Wildman–Crippen MR) is 187 cm³/mol. The minimum absolute atomic E-state index is 0.0355. The molecule has 8 heteroatoms. The quantitative estimate of drug-likeness (QED) is 0.139. The Morgan fingerprint density at radius 2 is 1.33 bits per heavy atom. The lowest BCUT2D eigenvalue weighted by Crippen LogP contribution is -2.73. The number of allylic oxidation sites excluding steroid dienone is 1. The summed E-state index contributed by atoms with van der Waals surface area (Å²) in [5.41, 5.74) is 2.12. The Morgan fingerprint density at radius 3 is 1.88 bits per heavy atom. The molecule has 2 fully saturated rings. The van der Waals surface area contributed by atoms with Gasteiger partial charge in [0.05, 0.1) is 11.3 Å². The van der Waals surface area contributed by atoms with Crippen LogP contribution in [-0.2, 0) is 35.3 Å². The third kappa shape index (κ3) is 5.48. The van der Waals surface area contributed by atoms with Gasteiger partial charge in [-0.05, 0) is 43.0 Å². The van der Waals surface area contributed by atoms with E-state index in [4.69, 9.17) is 9.47 Å². The number of benzene rings is 4. The largest absolute Gasteiger partial charge is 0.457 e. The van der Waals surface area contributed by atoms with Crippen molar-refractivity contribution in [2.75, 3.05) is 0 Å². The summed E-state index contributed by atoms with van der Waals surface area (Å²) in [6.45, 7) is 5.32. The number of fused-ring (bicyclic) bond motifs is 2. The third-order valence-corrected chi connectivity index (χ3v) is 11.6. The summed E-state index contributed by atoms with van der Waals surface area (Å²) >= 11 is 1.48. The van der Waals surface area contributed by atoms with Gasteiger partial charge in [-0.1, -0.05) is 127 Å². The van der Waals surface area contributed by atoms with Gasteiger partial charge in [0.1, 0.15) is 23.8 Å². The SMILES string of the molecule is CC(=O)[C@H]1C(C(=O)OCc2ccccc2)=C[C@H](c2ccccc2)[C@]12C(=O)N1[C@@H](C(=O)OC(c3ccccc3)c3ccccc3)C(C)(C)S[C@@H]12. The molecule has 3 aliphatic rings. The first-order chi connectivity index (χ1) is 23.6. The van der Waals surface area contributed by atoms with E-state index in [0.717, 1.165) is 22.3 Å². The molecule has 2 heterocycles. The fourth-order valence-electron chi connectivity index (χ4n) is 7.84. The maximum atomic E-state index is 14.9. The van der Waals surface area contributed by atoms with Crippen LogP contribution in [0.3, 0.4) is 0 Å². The van der Waals surface area contributed by atoms with E-state index in [2.05, 4.69) is 0 Å². The Labute approximate surface area is 290 Å². The van der Waals surface area contributed by atoms with Gasteiger partial charge in [-0.15, -0.1) is 11.8 Å². The number of nitrogens with zero attached hydrogens (tertiary/aromatic N) is 1. The number of esters is 2. The second kappa shape index (κ2) is 12.8. The Kier molecular flexibility index (Phi) is 8.53. The van der Waals surface area contributed by atoms with Crippen molar-refractivity contribution >= 4 is 35.4 Å². The summed E-state index contributed by atoms with van der Waals surface area (Å²) in [7, 11) is 0. The highest BCUT2D eigenvalue weighted by Gasteiger charge is 2.78. The van der Waals surface area contributed by atoms with Gasteiger partial charge in [-0.3, -0.25) is 9.59 Å². The molecule has 1 spiro atoms. The smallest absolute Gasteiger partial charge is 0.334 e. The van der Waals surface area contributed by atoms with Gasteiger partial charge in [0.25, 0.3) is 0 Å². The molecule has 248 valence electrons. The highest BCUT2D eigenvalue weighted by Crippen LogP contribution is 2.69. The number of carbonyl (C=O) groups excluding carboxylic acids is 4. The highest BCUT2D eigenvalue weighted by molar-refractivity contribution is 8.01. The highest BCUT2D eigenvalue weighted by atomic mass is 32.2. The Morgan fingerprint density at radius 1 is 0.796 bits per heavy atom. The van der Waals surface area contributed by atoms with Gasteiger partial charge in [-0.25, -0.2) is 9.59 Å². The molecule has 4 aromatic rings. The molecule has 5 atom stereocenters. The number of ketones is 1. The van der Waals surface area contributed by atoms with E-state index in [0.29, 0.717) is 0 Å². The lowest BCUT2D eigenvalue weighted by atomic mass is 9.60. The standard InChI is InChI=1S/C41H37NO6S/c1-26(43)33-31(36(44)47-25-27-16-8-4-9-17-27)24-32(28-18-10-5-11-19-28)41(33)38(46)42-35(40(2,3)49-39(41)42)37(45)48-34(29-20-12-6-13-21-29)30-22-14-7-15-23-30/h4-24,32-35,39H,25H2,1-3H3/t32-,33+,35+,39-,41-/m1/s1. The molecule has 0 unspecified atom stereocenters. The molecule has 2 aliphatic heterocycles. The fourth-order valence-corrected chi connectivity index (χ4v) is 9.66. The first-order valence-electron chi connectivity index (χ1n) is 16.4. The Hall–Kier alpha value is -4.95. The van der Waals surface area contributed by atoms with Gasteiger partial charge in [-0.2, -0.15) is 0 Å². The molecule has 0 aromatic heterocycles. The molecule has 49 heavy (non-hydrogen) atoms. The number of hydrogen-bond donors (Lipinski definition) is 0. The molecule has 0 saturated carbocycles. The van der Waals surface area contributed by atoms with Gasteiger partial charge >= 0.3 is 11.9 Å². The summed E-state index contributed by atoms with van der Waals surface area (Å²) in [5.74, 6) is -3.43. The van der Waals surface area contributed by atoms with Crippen LogP contribution in [0.4, 0.5) is 0 Å². The molecule has 0 N–H and O–H groups in total. The lowest BCUT2D eigenvalue weighted by Gasteiger charge is -2.57. The van der Waals surface area contributed by atoms with Crippen LogP contribution in [0, 0.1) is 11.3 Å². The molecule has 2 saturated heterocycles. The first kappa shape index (κ1) is 32.6. The van der Waals surface area contributed by atoms with Crippen molar-refractivity contribution in [2.24, 2.45) is 11.3 Å². The van der Waals surface area contributed by atoms with Crippen LogP contribution in [0.15, 0.2) is 133 Å². The van der Waals surface area contributed by atoms with Crippen LogP contribution in [0.5, 0.6) is 0 Å². The average molecular weight is 672 g/mol. The number of thioether (sulfide) groups is 1. The molecule has 4 aromatic carbocycles. The van der Waals surface area contributed by atoms with Crippen molar-refractivity contribution in [3.8, 4) is 0 Å². The monoisotopic (exact) mass is 671 g/mol. The van der Waals surface area contributed by atoms with E-state index < -0.39 is 51.5 Å². The van der Waals surface area contributed by atoms with Crippen LogP contribution >= 0.6 is 11.8 Å². The van der Waals surface area contributed by atoms with E-state index in [1.165, 1.54) is 18.7 Å². The maximum Gasteiger partial charge on any atom is 0.334 e. The van der Waals surface area contributed by atoms with E-state index in [9.17, 15) is 19.2 Å². The first-order valence-corrected chi connectivity index (χ1v) is 17.3. The van der Waals surface area contributed by atoms with Crippen LogP contribution in [0.1, 0.15) is 55.0 Å². The molecular weight excluding hydrogens is 635 g/mol. The summed E-state index contributed by atoms with van der Waals surface area (Å²) in [4.78, 5) is 58.3. The van der Waals surface area contributed by atoms with Crippen LogP contribution in [0.25, 0.3) is 0 Å². The fraction of sp³-hybridized carbons (Fsp3) is 0.268. The molecule has 1 aliphatic carbocycles. The zero-order valence-corrected chi connectivity index (χ0v) is 28.3. The Balaban J connectivity index is 1.24. The summed E-state index contributed by atoms with van der Waals surface area (Å²) in [5, 5.41) is -0.575. The summed E-state index contributed by atoms with van der Waals surface area (Å²) in [6.07, 6.45) is 1.07. The van der Waals surface area contributed by atoms with Gasteiger partial charge in [0.2, 0.25) is 5.91 Å². The van der Waals surface area contributed by atoms with Gasteiger partial charge in [0.15, 0.2) is 6.10 Å². The average Bonchev–Trinajstić information content (AvgIpc) is 3.63. The number of carbonyl (C=O) groups is 4. The minimum Gasteiger partial charge on any atom is -0.457 e. The van der Waals surface area contributed by atoms with Crippen molar-refractivity contribution in [1.82, 2.24) is 4.90 Å². The topological polar surface area (TPSA) is 90.0 Å². The van der Waals surface area contributed by atoms with Gasteiger partial charge in [0, 0.05) is 16.2 Å². The zero-order valence-electron chi connectivity index (χ0n) is 27.5. The number of amides is 1. The van der Waals surface area contributed by atoms with Crippen LogP contribution in [0.2, 0.25) is 0 Å². The normalized spacial score (nSPS) is 25.0. The number of ether oxygens (including phenoxy) is 2. The van der Waals surface area contributed by atoms with Crippen LogP contribution < -0.4 is 0 Å². The minimum atomic E-state index is -1.32. The number of Topliss-reactive ketones (excluding diaryl/α,β-unsaturated/α-hetero) is 1. The zero-order chi connectivity index (χ0) is 34.3. The van der Waals surface area contributed by atoms with Crippen molar-refractivity contribution in [1.29, 1.82) is 0 Å². The van der Waals surface area contributed by atoms with Crippen molar-refractivity contribution in [3.63, 3.8) is 0 Å². The van der Waals surface area contributed by atoms with Crippen molar-refractivity contribution in [2.45, 2.75) is 55.6 Å². The summed E-state index contributed by atoms with van der Waals surface area (Å²) in [6, 6.07) is 36.9. The van der Waals surface area contributed by atoms with E-state index in [1.807, 2.05) is 135 Å². The Bertz CT molecular complexity index is 1870. The molecule has 0 radical (unpaired) electrons. The van der Waals surface area contributed by atoms with Crippen molar-refractivity contribution in [3.05, 3.63) is 155 Å². The third-order valence-electron chi connectivity index (χ3n) is 9.94. The molecule has 7 nitrogen and oxygen atoms in total. The van der Waals surface area contributed by atoms with Gasteiger partial charge < -0.3 is 14.4 Å². The molecule has 0 bridgehead atoms. The number of β-lactam (4-membered cyclic amide) rings is 1. The molecular formula is C41H37NO6S. The van der Waals surface area contributed by atoms with Crippen LogP contribution in [-0.4, -0.2) is 44.7 Å². The second-order valence-electron chi connectivity index (χ2n) is 13.4. The molecule has 7 rings (SSSR count). The number of hydrogen-bond acceptors (Lipinski definition) is 7. The predicted octanol–water partition coefficient (Wildman–Crippen LogP) is 7.04. The summed E-state index contributed by atoms with van der Waals surface area (Å²) < 4.78 is 11.3. The second-order valence-corrected chi connectivity index (χ2v) is 15.1. The maximum absolute atomic E-state index is 14.9. The van der Waals surface area contributed by atoms with E-state index in [1.54, 1.807) is 11.0 Å². The lowest BCUT2D eigenvalue weighted by molar-refractivity contribution is -0.183. The molecule has 1 amide bonds. The van der Waals surface area contributed by atoms with E-state index in [-0.39, 0.29) is 23.9 Å². The number of rotatable bonds is 9. The van der Waals surface area contributed by atoms with Crippen molar-refractivity contribution < 1.29 is 28.7 Å².